The quantitative estimate of drug-likeness (QED) is 0.422. The Morgan fingerprint density at radius 2 is 1.48 bits per heavy atom. The van der Waals surface area contributed by atoms with Crippen LogP contribution in [0.3, 0.4) is 0 Å². The summed E-state index contributed by atoms with van der Waals surface area (Å²) in [6, 6.07) is 23.4. The number of nitrogens with one attached hydrogen (secondary N) is 1. The highest BCUT2D eigenvalue weighted by molar-refractivity contribution is 5.97. The van der Waals surface area contributed by atoms with Crippen molar-refractivity contribution in [1.29, 1.82) is 0 Å². The molecular formula is C25H23NO3. The maximum absolute atomic E-state index is 13.1. The van der Waals surface area contributed by atoms with E-state index in [9.17, 15) is 4.79 Å². The summed E-state index contributed by atoms with van der Waals surface area (Å²) in [6.45, 7) is 0. The molecule has 1 unspecified atom stereocenters. The Bertz CT molecular complexity index is 1110. The third kappa shape index (κ3) is 3.87. The molecule has 4 aromatic rings. The van der Waals surface area contributed by atoms with Gasteiger partial charge in [-0.25, -0.2) is 0 Å². The van der Waals surface area contributed by atoms with Gasteiger partial charge in [0.25, 0.3) is 0 Å². The first-order valence-corrected chi connectivity index (χ1v) is 9.57. The first kappa shape index (κ1) is 18.8. The number of para-hydroxylation sites is 1. The summed E-state index contributed by atoms with van der Waals surface area (Å²) in [7, 11) is 3.27. The van der Waals surface area contributed by atoms with Crippen molar-refractivity contribution in [3.63, 3.8) is 0 Å². The Labute approximate surface area is 170 Å². The molecule has 0 spiro atoms. The maximum Gasteiger partial charge on any atom is 0.163 e. The Morgan fingerprint density at radius 3 is 2.14 bits per heavy atom. The van der Waals surface area contributed by atoms with Crippen LogP contribution in [0.5, 0.6) is 11.5 Å². The lowest BCUT2D eigenvalue weighted by Crippen LogP contribution is -2.09. The van der Waals surface area contributed by atoms with Crippen LogP contribution in [0.15, 0.2) is 79.0 Å². The van der Waals surface area contributed by atoms with Crippen molar-refractivity contribution in [2.75, 3.05) is 14.2 Å². The topological polar surface area (TPSA) is 51.3 Å². The lowest BCUT2D eigenvalue weighted by molar-refractivity contribution is 0.0978. The summed E-state index contributed by atoms with van der Waals surface area (Å²) in [6.07, 6.45) is 2.39. The number of rotatable bonds is 7. The standard InChI is InChI=1S/C25H23NO3/c1-28-19-11-7-17(8-12-19)22(23-16-26-24-6-4-3-5-21(23)24)15-25(27)18-9-13-20(29-2)14-10-18/h3-14,16,22,26H,15H2,1-2H3. The van der Waals surface area contributed by atoms with Gasteiger partial charge in [-0.2, -0.15) is 0 Å². The van der Waals surface area contributed by atoms with Crippen LogP contribution in [0.2, 0.25) is 0 Å². The van der Waals surface area contributed by atoms with Crippen molar-refractivity contribution in [3.05, 3.63) is 95.7 Å². The van der Waals surface area contributed by atoms with E-state index < -0.39 is 0 Å². The van der Waals surface area contributed by atoms with Gasteiger partial charge in [0.2, 0.25) is 0 Å². The lowest BCUT2D eigenvalue weighted by Gasteiger charge is -2.17. The minimum Gasteiger partial charge on any atom is -0.497 e. The molecule has 0 bridgehead atoms. The molecule has 0 saturated heterocycles. The zero-order chi connectivity index (χ0) is 20.2. The van der Waals surface area contributed by atoms with E-state index in [2.05, 4.69) is 17.1 Å². The highest BCUT2D eigenvalue weighted by atomic mass is 16.5. The molecule has 4 heteroatoms. The van der Waals surface area contributed by atoms with Crippen molar-refractivity contribution < 1.29 is 14.3 Å². The molecule has 0 amide bonds. The molecule has 0 aliphatic heterocycles. The fourth-order valence-electron chi connectivity index (χ4n) is 3.71. The van der Waals surface area contributed by atoms with Gasteiger partial charge in [0, 0.05) is 35.0 Å². The summed E-state index contributed by atoms with van der Waals surface area (Å²) >= 11 is 0. The van der Waals surface area contributed by atoms with E-state index in [1.165, 1.54) is 0 Å². The number of methoxy groups -OCH3 is 2. The second-order valence-electron chi connectivity index (χ2n) is 6.97. The number of benzene rings is 3. The van der Waals surface area contributed by atoms with Gasteiger partial charge in [-0.05, 0) is 53.6 Å². The van der Waals surface area contributed by atoms with Crippen LogP contribution in [-0.2, 0) is 0 Å². The molecule has 0 radical (unpaired) electrons. The number of Topliss-reactive ketones (excluding diaryl/α,β-unsaturated/α-hetero) is 1. The van der Waals surface area contributed by atoms with E-state index >= 15 is 0 Å². The minimum atomic E-state index is -0.0633. The number of H-pyrrole nitrogens is 1. The van der Waals surface area contributed by atoms with Gasteiger partial charge in [-0.1, -0.05) is 30.3 Å². The zero-order valence-electron chi connectivity index (χ0n) is 16.5. The molecule has 1 heterocycles. The number of aromatic nitrogens is 1. The molecule has 0 aliphatic carbocycles. The van der Waals surface area contributed by atoms with Crippen molar-refractivity contribution >= 4 is 16.7 Å². The van der Waals surface area contributed by atoms with Gasteiger partial charge in [-0.15, -0.1) is 0 Å². The second-order valence-corrected chi connectivity index (χ2v) is 6.97. The van der Waals surface area contributed by atoms with E-state index in [1.807, 2.05) is 66.9 Å². The SMILES string of the molecule is COc1ccc(C(=O)CC(c2ccc(OC)cc2)c2c[nH]c3ccccc23)cc1. The monoisotopic (exact) mass is 385 g/mol. The Hall–Kier alpha value is -3.53. The van der Waals surface area contributed by atoms with E-state index in [4.69, 9.17) is 9.47 Å². The molecule has 1 N–H and O–H groups in total. The van der Waals surface area contributed by atoms with Crippen molar-refractivity contribution in [2.45, 2.75) is 12.3 Å². The summed E-state index contributed by atoms with van der Waals surface area (Å²) in [5.74, 6) is 1.57. The van der Waals surface area contributed by atoms with Gasteiger partial charge in [0.05, 0.1) is 14.2 Å². The molecule has 0 aliphatic rings. The zero-order valence-corrected chi connectivity index (χ0v) is 16.5. The third-order valence-electron chi connectivity index (χ3n) is 5.32. The molecule has 0 saturated carbocycles. The van der Waals surface area contributed by atoms with Gasteiger partial charge >= 0.3 is 0 Å². The van der Waals surface area contributed by atoms with E-state index in [0.29, 0.717) is 12.0 Å². The predicted octanol–water partition coefficient (Wildman–Crippen LogP) is 5.59. The molecule has 146 valence electrons. The summed E-state index contributed by atoms with van der Waals surface area (Å²) in [5.41, 5.74) is 3.95. The van der Waals surface area contributed by atoms with Crippen molar-refractivity contribution in [1.82, 2.24) is 4.98 Å². The molecule has 29 heavy (non-hydrogen) atoms. The Balaban J connectivity index is 1.72. The number of ketones is 1. The smallest absolute Gasteiger partial charge is 0.163 e. The highest BCUT2D eigenvalue weighted by Gasteiger charge is 2.22. The van der Waals surface area contributed by atoms with Crippen LogP contribution in [0.1, 0.15) is 33.8 Å². The van der Waals surface area contributed by atoms with Gasteiger partial charge in [0.1, 0.15) is 11.5 Å². The number of carbonyl (C=O) groups excluding carboxylic acids is 1. The highest BCUT2D eigenvalue weighted by Crippen LogP contribution is 2.35. The van der Waals surface area contributed by atoms with Crippen LogP contribution in [0.25, 0.3) is 10.9 Å². The number of ether oxygens (including phenoxy) is 2. The third-order valence-corrected chi connectivity index (χ3v) is 5.32. The predicted molar refractivity (Wildman–Crippen MR) is 115 cm³/mol. The van der Waals surface area contributed by atoms with Crippen LogP contribution in [0.4, 0.5) is 0 Å². The van der Waals surface area contributed by atoms with Gasteiger partial charge in [0.15, 0.2) is 5.78 Å². The van der Waals surface area contributed by atoms with Crippen molar-refractivity contribution in [2.24, 2.45) is 0 Å². The van der Waals surface area contributed by atoms with Gasteiger partial charge < -0.3 is 14.5 Å². The van der Waals surface area contributed by atoms with Crippen LogP contribution in [-0.4, -0.2) is 25.0 Å². The van der Waals surface area contributed by atoms with E-state index in [1.54, 1.807) is 14.2 Å². The molecule has 3 aromatic carbocycles. The number of fused-ring (bicyclic) bond motifs is 1. The average Bonchev–Trinajstić information content (AvgIpc) is 3.21. The largest absolute Gasteiger partial charge is 0.497 e. The molecular weight excluding hydrogens is 362 g/mol. The number of carbonyl (C=O) groups is 1. The van der Waals surface area contributed by atoms with Crippen LogP contribution >= 0.6 is 0 Å². The number of hydrogen-bond acceptors (Lipinski definition) is 3. The summed E-state index contributed by atoms with van der Waals surface area (Å²) in [4.78, 5) is 16.4. The fourth-order valence-corrected chi connectivity index (χ4v) is 3.71. The van der Waals surface area contributed by atoms with E-state index in [-0.39, 0.29) is 11.7 Å². The molecule has 4 rings (SSSR count). The maximum atomic E-state index is 13.1. The number of hydrogen-bond donors (Lipinski definition) is 1. The summed E-state index contributed by atoms with van der Waals surface area (Å²) in [5, 5.41) is 1.14. The first-order valence-electron chi connectivity index (χ1n) is 9.57. The minimum absolute atomic E-state index is 0.0633. The molecule has 4 nitrogen and oxygen atoms in total. The Morgan fingerprint density at radius 1 is 0.862 bits per heavy atom. The van der Waals surface area contributed by atoms with Crippen LogP contribution < -0.4 is 9.47 Å². The van der Waals surface area contributed by atoms with Crippen molar-refractivity contribution in [3.8, 4) is 11.5 Å². The van der Waals surface area contributed by atoms with Gasteiger partial charge in [-0.3, -0.25) is 4.79 Å². The lowest BCUT2D eigenvalue weighted by atomic mass is 9.85. The van der Waals surface area contributed by atoms with E-state index in [0.717, 1.165) is 33.5 Å². The average molecular weight is 385 g/mol. The normalized spacial score (nSPS) is 11.9. The second kappa shape index (κ2) is 8.23. The molecule has 1 aromatic heterocycles. The number of aromatic amines is 1. The van der Waals surface area contributed by atoms with Crippen LogP contribution in [0, 0.1) is 0 Å². The molecule has 1 atom stereocenters. The first-order chi connectivity index (χ1) is 14.2. The Kier molecular flexibility index (Phi) is 5.34. The molecule has 0 fully saturated rings. The fraction of sp³-hybridized carbons (Fsp3) is 0.160. The summed E-state index contributed by atoms with van der Waals surface area (Å²) < 4.78 is 10.5.